The summed E-state index contributed by atoms with van der Waals surface area (Å²) in [6.45, 7) is 5.79. The van der Waals surface area contributed by atoms with Gasteiger partial charge in [-0.1, -0.05) is 30.3 Å². The molecule has 2 aromatic rings. The standard InChI is InChI=1S/C20H30N4O/c1-20(25,18-14-22-23(2)15-18)16-21-19-9-12-24(13-10-19)11-8-17-6-4-3-5-7-17/h3-7,14-15,19,21,25H,8-13,16H2,1-2H3. The summed E-state index contributed by atoms with van der Waals surface area (Å²) in [5.74, 6) is 0. The molecule has 0 aliphatic carbocycles. The van der Waals surface area contributed by atoms with E-state index in [4.69, 9.17) is 0 Å². The van der Waals surface area contributed by atoms with E-state index in [1.807, 2.05) is 20.2 Å². The Bertz CT molecular complexity index is 645. The largest absolute Gasteiger partial charge is 0.384 e. The Balaban J connectivity index is 1.39. The summed E-state index contributed by atoms with van der Waals surface area (Å²) >= 11 is 0. The maximum Gasteiger partial charge on any atom is 0.102 e. The lowest BCUT2D eigenvalue weighted by atomic mass is 9.97. The van der Waals surface area contributed by atoms with Crippen molar-refractivity contribution in [3.05, 3.63) is 53.9 Å². The summed E-state index contributed by atoms with van der Waals surface area (Å²) in [4.78, 5) is 2.55. The monoisotopic (exact) mass is 342 g/mol. The van der Waals surface area contributed by atoms with Crippen LogP contribution in [0.1, 0.15) is 30.9 Å². The second-order valence-corrected chi connectivity index (χ2v) is 7.41. The first-order valence-electron chi connectivity index (χ1n) is 9.24. The number of aryl methyl sites for hydroxylation is 1. The lowest BCUT2D eigenvalue weighted by Gasteiger charge is -2.34. The summed E-state index contributed by atoms with van der Waals surface area (Å²) in [5.41, 5.74) is 1.40. The van der Waals surface area contributed by atoms with Crippen molar-refractivity contribution in [1.29, 1.82) is 0 Å². The number of piperidine rings is 1. The van der Waals surface area contributed by atoms with Gasteiger partial charge in [0.25, 0.3) is 0 Å². The van der Waals surface area contributed by atoms with Crippen molar-refractivity contribution >= 4 is 0 Å². The number of hydrogen-bond donors (Lipinski definition) is 2. The number of aromatic nitrogens is 2. The topological polar surface area (TPSA) is 53.3 Å². The third-order valence-corrected chi connectivity index (χ3v) is 5.21. The normalized spacial score (nSPS) is 19.0. The van der Waals surface area contributed by atoms with Gasteiger partial charge in [-0.15, -0.1) is 0 Å². The second kappa shape index (κ2) is 8.13. The first kappa shape index (κ1) is 18.1. The predicted molar refractivity (Wildman–Crippen MR) is 100 cm³/mol. The Hall–Kier alpha value is -1.69. The fourth-order valence-corrected chi connectivity index (χ4v) is 3.44. The number of likely N-dealkylation sites (tertiary alicyclic amines) is 1. The highest BCUT2D eigenvalue weighted by Crippen LogP contribution is 2.20. The van der Waals surface area contributed by atoms with Crippen LogP contribution in [0.15, 0.2) is 42.7 Å². The van der Waals surface area contributed by atoms with Gasteiger partial charge < -0.3 is 15.3 Å². The van der Waals surface area contributed by atoms with E-state index in [0.717, 1.165) is 44.5 Å². The molecule has 1 fully saturated rings. The van der Waals surface area contributed by atoms with Crippen LogP contribution in [0.4, 0.5) is 0 Å². The molecule has 1 aliphatic rings. The molecule has 0 spiro atoms. The Morgan fingerprint density at radius 2 is 1.96 bits per heavy atom. The van der Waals surface area contributed by atoms with Gasteiger partial charge in [0, 0.05) is 37.9 Å². The number of hydrogen-bond acceptors (Lipinski definition) is 4. The van der Waals surface area contributed by atoms with Crippen molar-refractivity contribution in [3.63, 3.8) is 0 Å². The predicted octanol–water partition coefficient (Wildman–Crippen LogP) is 1.92. The van der Waals surface area contributed by atoms with E-state index in [0.29, 0.717) is 12.6 Å². The summed E-state index contributed by atoms with van der Waals surface area (Å²) < 4.78 is 1.73. The van der Waals surface area contributed by atoms with Gasteiger partial charge in [-0.3, -0.25) is 4.68 Å². The average molecular weight is 342 g/mol. The minimum atomic E-state index is -0.876. The molecule has 1 saturated heterocycles. The summed E-state index contributed by atoms with van der Waals surface area (Å²) in [5, 5.41) is 18.4. The maximum atomic E-state index is 10.7. The molecule has 0 radical (unpaired) electrons. The molecule has 1 aromatic carbocycles. The van der Waals surface area contributed by atoms with Crippen LogP contribution >= 0.6 is 0 Å². The van der Waals surface area contributed by atoms with E-state index < -0.39 is 5.60 Å². The molecular weight excluding hydrogens is 312 g/mol. The van der Waals surface area contributed by atoms with Crippen molar-refractivity contribution in [1.82, 2.24) is 20.0 Å². The first-order valence-corrected chi connectivity index (χ1v) is 9.24. The van der Waals surface area contributed by atoms with Crippen LogP contribution in [0.5, 0.6) is 0 Å². The molecule has 1 atom stereocenters. The minimum Gasteiger partial charge on any atom is -0.384 e. The molecule has 1 aromatic heterocycles. The van der Waals surface area contributed by atoms with Crippen LogP contribution in [0.2, 0.25) is 0 Å². The number of aliphatic hydroxyl groups is 1. The van der Waals surface area contributed by atoms with Gasteiger partial charge >= 0.3 is 0 Å². The number of rotatable bonds is 7. The molecule has 2 N–H and O–H groups in total. The van der Waals surface area contributed by atoms with Gasteiger partial charge in [0.15, 0.2) is 0 Å². The van der Waals surface area contributed by atoms with Gasteiger partial charge in [-0.25, -0.2) is 0 Å². The van der Waals surface area contributed by atoms with E-state index in [1.54, 1.807) is 10.9 Å². The molecule has 0 saturated carbocycles. The highest BCUT2D eigenvalue weighted by molar-refractivity contribution is 5.15. The Morgan fingerprint density at radius 1 is 1.24 bits per heavy atom. The fraction of sp³-hybridized carbons (Fsp3) is 0.550. The molecule has 2 heterocycles. The Labute approximate surface area is 150 Å². The molecule has 1 unspecified atom stereocenters. The zero-order valence-electron chi connectivity index (χ0n) is 15.4. The molecule has 0 amide bonds. The van der Waals surface area contributed by atoms with Gasteiger partial charge in [0.2, 0.25) is 0 Å². The maximum absolute atomic E-state index is 10.7. The first-order chi connectivity index (χ1) is 12.0. The molecule has 136 valence electrons. The van der Waals surface area contributed by atoms with Crippen LogP contribution < -0.4 is 5.32 Å². The van der Waals surface area contributed by atoms with Crippen LogP contribution in [0.3, 0.4) is 0 Å². The van der Waals surface area contributed by atoms with Gasteiger partial charge in [-0.2, -0.15) is 5.10 Å². The van der Waals surface area contributed by atoms with Crippen molar-refractivity contribution in [3.8, 4) is 0 Å². The zero-order chi connectivity index (χ0) is 17.7. The SMILES string of the molecule is Cn1cc(C(C)(O)CNC2CCN(CCc3ccccc3)CC2)cn1. The highest BCUT2D eigenvalue weighted by Gasteiger charge is 2.27. The molecule has 25 heavy (non-hydrogen) atoms. The van der Waals surface area contributed by atoms with Gasteiger partial charge in [0.05, 0.1) is 6.20 Å². The molecule has 5 nitrogen and oxygen atoms in total. The lowest BCUT2D eigenvalue weighted by Crippen LogP contribution is -2.47. The number of nitrogens with one attached hydrogen (secondary N) is 1. The summed E-state index contributed by atoms with van der Waals surface area (Å²) in [7, 11) is 1.87. The summed E-state index contributed by atoms with van der Waals surface area (Å²) in [6.07, 6.45) is 7.02. The van der Waals surface area contributed by atoms with Crippen molar-refractivity contribution in [2.75, 3.05) is 26.2 Å². The van der Waals surface area contributed by atoms with E-state index in [9.17, 15) is 5.11 Å². The van der Waals surface area contributed by atoms with Crippen LogP contribution in [0, 0.1) is 0 Å². The van der Waals surface area contributed by atoms with Crippen LogP contribution in [0.25, 0.3) is 0 Å². The van der Waals surface area contributed by atoms with Gasteiger partial charge in [-0.05, 0) is 44.8 Å². The molecule has 0 bridgehead atoms. The second-order valence-electron chi connectivity index (χ2n) is 7.41. The van der Waals surface area contributed by atoms with E-state index >= 15 is 0 Å². The molecule has 5 heteroatoms. The number of benzene rings is 1. The Kier molecular flexibility index (Phi) is 5.89. The van der Waals surface area contributed by atoms with Crippen LogP contribution in [-0.2, 0) is 19.1 Å². The third-order valence-electron chi connectivity index (χ3n) is 5.21. The highest BCUT2D eigenvalue weighted by atomic mass is 16.3. The molecule has 3 rings (SSSR count). The molecule has 1 aliphatic heterocycles. The fourth-order valence-electron chi connectivity index (χ4n) is 3.44. The third kappa shape index (κ3) is 5.14. The average Bonchev–Trinajstić information content (AvgIpc) is 3.07. The van der Waals surface area contributed by atoms with Crippen LogP contribution in [-0.4, -0.2) is 52.0 Å². The van der Waals surface area contributed by atoms with E-state index in [-0.39, 0.29) is 0 Å². The smallest absolute Gasteiger partial charge is 0.102 e. The van der Waals surface area contributed by atoms with E-state index in [1.165, 1.54) is 5.56 Å². The van der Waals surface area contributed by atoms with E-state index in [2.05, 4.69) is 45.6 Å². The van der Waals surface area contributed by atoms with Crippen molar-refractivity contribution < 1.29 is 5.11 Å². The zero-order valence-corrected chi connectivity index (χ0v) is 15.4. The minimum absolute atomic E-state index is 0.483. The number of nitrogens with zero attached hydrogens (tertiary/aromatic N) is 3. The van der Waals surface area contributed by atoms with Crippen molar-refractivity contribution in [2.24, 2.45) is 7.05 Å². The lowest BCUT2D eigenvalue weighted by molar-refractivity contribution is 0.0501. The Morgan fingerprint density at radius 3 is 2.60 bits per heavy atom. The molecular formula is C20H30N4O. The summed E-state index contributed by atoms with van der Waals surface area (Å²) in [6, 6.07) is 11.2. The van der Waals surface area contributed by atoms with Gasteiger partial charge in [0.1, 0.15) is 5.60 Å². The quantitative estimate of drug-likeness (QED) is 0.807. The van der Waals surface area contributed by atoms with Crippen molar-refractivity contribution in [2.45, 2.75) is 37.8 Å².